The molecule has 0 radical (unpaired) electrons. The van der Waals surface area contributed by atoms with Crippen LogP contribution in [0, 0.1) is 11.8 Å². The summed E-state index contributed by atoms with van der Waals surface area (Å²) in [6.45, 7) is 4.54. The van der Waals surface area contributed by atoms with Crippen LogP contribution >= 0.6 is 0 Å². The van der Waals surface area contributed by atoms with Gasteiger partial charge >= 0.3 is 0 Å². The minimum absolute atomic E-state index is 0.0627. The largest absolute Gasteiger partial charge is 0.282 e. The zero-order valence-electron chi connectivity index (χ0n) is 13.3. The second kappa shape index (κ2) is 7.03. The van der Waals surface area contributed by atoms with E-state index < -0.39 is 0 Å². The Bertz CT molecular complexity index is 445. The molecule has 122 valence electrons. The number of unbranched alkanes of at least 4 members (excludes halogenated alkanes) is 3. The lowest BCUT2D eigenvalue weighted by atomic mass is 10.1. The van der Waals surface area contributed by atoms with Gasteiger partial charge in [0.1, 0.15) is 0 Å². The molecule has 2 aliphatic heterocycles. The molecule has 0 aromatic carbocycles. The van der Waals surface area contributed by atoms with Crippen LogP contribution in [0.5, 0.6) is 0 Å². The van der Waals surface area contributed by atoms with Crippen LogP contribution in [0.2, 0.25) is 0 Å². The summed E-state index contributed by atoms with van der Waals surface area (Å²) < 4.78 is 0. The van der Waals surface area contributed by atoms with Crippen molar-refractivity contribution >= 4 is 23.6 Å². The zero-order chi connectivity index (χ0) is 16.3. The highest BCUT2D eigenvalue weighted by Gasteiger charge is 2.35. The molecule has 2 heterocycles. The molecule has 2 atom stereocenters. The fraction of sp³-hybridized carbons (Fsp3) is 0.750. The molecule has 0 aliphatic carbocycles. The molecular formula is C16H24N2O4. The van der Waals surface area contributed by atoms with Gasteiger partial charge in [0.25, 0.3) is 0 Å². The van der Waals surface area contributed by atoms with Crippen molar-refractivity contribution in [2.75, 3.05) is 13.1 Å². The van der Waals surface area contributed by atoms with Gasteiger partial charge in [0.2, 0.25) is 23.6 Å². The molecule has 2 aliphatic rings. The summed E-state index contributed by atoms with van der Waals surface area (Å²) in [5, 5.41) is 0. The minimum Gasteiger partial charge on any atom is -0.282 e. The van der Waals surface area contributed by atoms with Crippen LogP contribution in [-0.4, -0.2) is 46.5 Å². The Morgan fingerprint density at radius 1 is 0.727 bits per heavy atom. The number of hydrogen-bond donors (Lipinski definition) is 0. The molecule has 6 heteroatoms. The van der Waals surface area contributed by atoms with Crippen molar-refractivity contribution in [2.45, 2.75) is 52.4 Å². The van der Waals surface area contributed by atoms with Crippen LogP contribution in [0.25, 0.3) is 0 Å². The van der Waals surface area contributed by atoms with Crippen molar-refractivity contribution in [1.29, 1.82) is 0 Å². The molecule has 0 saturated carbocycles. The highest BCUT2D eigenvalue weighted by atomic mass is 16.2. The molecule has 2 rings (SSSR count). The first-order valence-corrected chi connectivity index (χ1v) is 8.10. The van der Waals surface area contributed by atoms with Gasteiger partial charge in [0.05, 0.1) is 0 Å². The maximum absolute atomic E-state index is 11.7. The third-order valence-corrected chi connectivity index (χ3v) is 4.45. The number of rotatable bonds is 7. The van der Waals surface area contributed by atoms with Gasteiger partial charge in [-0.25, -0.2) is 0 Å². The van der Waals surface area contributed by atoms with Crippen molar-refractivity contribution in [3.8, 4) is 0 Å². The number of hydrogen-bond acceptors (Lipinski definition) is 4. The van der Waals surface area contributed by atoms with Gasteiger partial charge in [-0.15, -0.1) is 0 Å². The third-order valence-electron chi connectivity index (χ3n) is 4.45. The molecule has 0 spiro atoms. The van der Waals surface area contributed by atoms with E-state index >= 15 is 0 Å². The predicted octanol–water partition coefficient (Wildman–Crippen LogP) is 1.34. The number of nitrogens with zero attached hydrogens (tertiary/aromatic N) is 2. The van der Waals surface area contributed by atoms with E-state index in [4.69, 9.17) is 0 Å². The van der Waals surface area contributed by atoms with Gasteiger partial charge in [0, 0.05) is 37.8 Å². The van der Waals surface area contributed by atoms with Crippen molar-refractivity contribution < 1.29 is 19.2 Å². The average molecular weight is 308 g/mol. The fourth-order valence-corrected chi connectivity index (χ4v) is 3.06. The van der Waals surface area contributed by atoms with Crippen molar-refractivity contribution in [1.82, 2.24) is 9.80 Å². The monoisotopic (exact) mass is 308 g/mol. The Labute approximate surface area is 130 Å². The van der Waals surface area contributed by atoms with E-state index in [9.17, 15) is 19.2 Å². The molecule has 0 N–H and O–H groups in total. The van der Waals surface area contributed by atoms with Gasteiger partial charge in [-0.05, 0) is 12.8 Å². The minimum atomic E-state index is -0.179. The normalized spacial score (nSPS) is 25.7. The molecule has 22 heavy (non-hydrogen) atoms. The van der Waals surface area contributed by atoms with Gasteiger partial charge in [-0.1, -0.05) is 26.7 Å². The number of imide groups is 2. The van der Waals surface area contributed by atoms with E-state index in [-0.39, 0.29) is 35.5 Å². The molecule has 2 saturated heterocycles. The van der Waals surface area contributed by atoms with Gasteiger partial charge < -0.3 is 0 Å². The quantitative estimate of drug-likeness (QED) is 0.525. The Morgan fingerprint density at radius 2 is 1.09 bits per heavy atom. The molecule has 0 aromatic rings. The number of carbonyl (C=O) groups excluding carboxylic acids is 4. The molecule has 4 amide bonds. The van der Waals surface area contributed by atoms with Crippen LogP contribution < -0.4 is 0 Å². The van der Waals surface area contributed by atoms with Crippen molar-refractivity contribution in [3.63, 3.8) is 0 Å². The summed E-state index contributed by atoms with van der Waals surface area (Å²) in [7, 11) is 0. The first-order valence-electron chi connectivity index (χ1n) is 8.10. The number of amides is 4. The summed E-state index contributed by atoms with van der Waals surface area (Å²) in [5.41, 5.74) is 0. The topological polar surface area (TPSA) is 74.8 Å². The maximum Gasteiger partial charge on any atom is 0.232 e. The summed E-state index contributed by atoms with van der Waals surface area (Å²) in [4.78, 5) is 49.4. The van der Waals surface area contributed by atoms with E-state index in [1.807, 2.05) is 0 Å². The van der Waals surface area contributed by atoms with Crippen molar-refractivity contribution in [2.24, 2.45) is 11.8 Å². The number of likely N-dealkylation sites (tertiary alicyclic amines) is 2. The van der Waals surface area contributed by atoms with Crippen LogP contribution in [0.3, 0.4) is 0 Å². The number of carbonyl (C=O) groups is 4. The Balaban J connectivity index is 1.60. The predicted molar refractivity (Wildman–Crippen MR) is 79.5 cm³/mol. The van der Waals surface area contributed by atoms with E-state index in [0.717, 1.165) is 25.7 Å². The van der Waals surface area contributed by atoms with Crippen LogP contribution in [-0.2, 0) is 19.2 Å². The van der Waals surface area contributed by atoms with E-state index in [1.54, 1.807) is 13.8 Å². The fourth-order valence-electron chi connectivity index (χ4n) is 3.06. The molecule has 0 bridgehead atoms. The average Bonchev–Trinajstić information content (AvgIpc) is 2.84. The highest BCUT2D eigenvalue weighted by molar-refractivity contribution is 6.03. The van der Waals surface area contributed by atoms with Crippen LogP contribution in [0.15, 0.2) is 0 Å². The second-order valence-corrected chi connectivity index (χ2v) is 6.39. The van der Waals surface area contributed by atoms with Crippen LogP contribution in [0.4, 0.5) is 0 Å². The summed E-state index contributed by atoms with van der Waals surface area (Å²) in [5.74, 6) is -0.623. The van der Waals surface area contributed by atoms with E-state index in [0.29, 0.717) is 25.9 Å². The smallest absolute Gasteiger partial charge is 0.232 e. The first kappa shape index (κ1) is 16.6. The lowest BCUT2D eigenvalue weighted by Crippen LogP contribution is -2.31. The second-order valence-electron chi connectivity index (χ2n) is 6.39. The molecular weight excluding hydrogens is 284 g/mol. The Morgan fingerprint density at radius 3 is 1.36 bits per heavy atom. The first-order chi connectivity index (χ1) is 10.4. The van der Waals surface area contributed by atoms with Gasteiger partial charge in [-0.2, -0.15) is 0 Å². The molecule has 2 fully saturated rings. The molecule has 2 unspecified atom stereocenters. The molecule has 0 aromatic heterocycles. The Hall–Kier alpha value is -1.72. The zero-order valence-corrected chi connectivity index (χ0v) is 13.3. The van der Waals surface area contributed by atoms with Crippen LogP contribution in [0.1, 0.15) is 52.4 Å². The lowest BCUT2D eigenvalue weighted by Gasteiger charge is -2.15. The standard InChI is InChI=1S/C16H24N2O4/c1-11-9-13(19)17(15(11)21)7-5-3-4-6-8-18-14(20)10-12(2)16(18)22/h11-12H,3-10H2,1-2H3. The van der Waals surface area contributed by atoms with Gasteiger partial charge in [-0.3, -0.25) is 29.0 Å². The summed E-state index contributed by atoms with van der Waals surface area (Å²) in [6.07, 6.45) is 3.99. The maximum atomic E-state index is 11.7. The third kappa shape index (κ3) is 3.54. The SMILES string of the molecule is CC1CC(=O)N(CCCCCCN2C(=O)CC(C)C2=O)C1=O. The summed E-state index contributed by atoms with van der Waals surface area (Å²) >= 11 is 0. The molecule has 6 nitrogen and oxygen atoms in total. The van der Waals surface area contributed by atoms with Crippen molar-refractivity contribution in [3.05, 3.63) is 0 Å². The van der Waals surface area contributed by atoms with E-state index in [2.05, 4.69) is 0 Å². The summed E-state index contributed by atoms with van der Waals surface area (Å²) in [6, 6.07) is 0. The lowest BCUT2D eigenvalue weighted by molar-refractivity contribution is -0.141. The Kier molecular flexibility index (Phi) is 5.32. The highest BCUT2D eigenvalue weighted by Crippen LogP contribution is 2.21. The van der Waals surface area contributed by atoms with Gasteiger partial charge in [0.15, 0.2) is 0 Å². The van der Waals surface area contributed by atoms with E-state index in [1.165, 1.54) is 9.80 Å².